The van der Waals surface area contributed by atoms with Crippen molar-refractivity contribution < 1.29 is 86.4 Å². The van der Waals surface area contributed by atoms with E-state index in [1.165, 1.54) is 36.4 Å². The summed E-state index contributed by atoms with van der Waals surface area (Å²) in [6, 6.07) is 15.4. The summed E-state index contributed by atoms with van der Waals surface area (Å²) < 4.78 is 136. The molecule has 0 spiro atoms. The Kier molecular flexibility index (Phi) is 16.6. The zero-order chi connectivity index (χ0) is 55.0. The van der Waals surface area contributed by atoms with Crippen LogP contribution in [0.2, 0.25) is 0 Å². The van der Waals surface area contributed by atoms with E-state index in [0.29, 0.717) is 6.29 Å². The van der Waals surface area contributed by atoms with E-state index in [1.807, 2.05) is 0 Å². The molecule has 2 aromatic heterocycles. The normalized spacial score (nSPS) is 11.9. The minimum atomic E-state index is -5.14. The third kappa shape index (κ3) is 15.6. The van der Waals surface area contributed by atoms with E-state index in [9.17, 15) is 86.4 Å². The molecule has 0 atom stereocenters. The highest BCUT2D eigenvalue weighted by Gasteiger charge is 2.23. The molecule has 0 bridgehead atoms. The number of rotatable bonds is 24. The molecule has 0 fully saturated rings. The Hall–Kier alpha value is -8.84. The molecule has 4 aromatic carbocycles. The molecule has 0 radical (unpaired) electrons. The molecule has 31 nitrogen and oxygen atoms in total. The van der Waals surface area contributed by atoms with Crippen molar-refractivity contribution >= 4 is 135 Å². The second-order valence-electron chi connectivity index (χ2n) is 14.9. The summed E-state index contributed by atoms with van der Waals surface area (Å²) in [6.07, 6.45) is 2.44. The molecular weight excluding hydrogens is 1080 g/mol. The fourth-order valence-electron chi connectivity index (χ4n) is 6.29. The molecule has 0 saturated carbocycles. The number of carbonyl (C=O) groups is 4. The van der Waals surface area contributed by atoms with E-state index in [1.54, 1.807) is 0 Å². The zero-order valence-corrected chi connectivity index (χ0v) is 40.6. The smallest absolute Gasteiger partial charge is 0.323 e. The molecule has 0 aliphatic carbocycles. The summed E-state index contributed by atoms with van der Waals surface area (Å²) in [5.74, 6) is -6.91. The van der Waals surface area contributed by atoms with Gasteiger partial charge in [0.05, 0.1) is 16.3 Å². The van der Waals surface area contributed by atoms with Crippen LogP contribution in [0, 0.1) is 0 Å². The maximum atomic E-state index is 12.8. The number of benzene rings is 4. The topological polar surface area (TPSA) is 478 Å². The molecule has 11 N–H and O–H groups in total. The van der Waals surface area contributed by atoms with Gasteiger partial charge in [-0.05, 0) is 83.9 Å². The lowest BCUT2D eigenvalue weighted by Crippen LogP contribution is -2.36. The van der Waals surface area contributed by atoms with Crippen molar-refractivity contribution in [2.75, 3.05) is 57.2 Å². The van der Waals surface area contributed by atoms with Gasteiger partial charge in [-0.3, -0.25) is 32.6 Å². The number of carbonyl (C=O) groups excluding carboxylic acids is 1. The van der Waals surface area contributed by atoms with Gasteiger partial charge in [0.2, 0.25) is 35.7 Å². The number of nitrogens with one attached hydrogen (secondary N) is 4. The number of carboxylic acids is 3. The molecule has 0 aliphatic heterocycles. The second kappa shape index (κ2) is 22.5. The van der Waals surface area contributed by atoms with E-state index >= 15 is 0 Å². The Labute approximate surface area is 422 Å². The van der Waals surface area contributed by atoms with Gasteiger partial charge < -0.3 is 51.2 Å². The Morgan fingerprint density at radius 2 is 0.747 bits per heavy atom. The molecule has 6 aromatic rings. The van der Waals surface area contributed by atoms with Crippen LogP contribution < -0.4 is 31.1 Å². The second-order valence-corrected chi connectivity index (χ2v) is 20.6. The van der Waals surface area contributed by atoms with Gasteiger partial charge in [0.1, 0.15) is 35.7 Å². The highest BCUT2D eigenvalue weighted by atomic mass is 32.2. The number of hydrogen-bond acceptors (Lipinski definition) is 24. The fraction of sp³-hybridized carbons (Fsp3) is 0.100. The van der Waals surface area contributed by atoms with Gasteiger partial charge in [0.15, 0.2) is 0 Å². The van der Waals surface area contributed by atoms with Gasteiger partial charge >= 0.3 is 17.9 Å². The van der Waals surface area contributed by atoms with Crippen molar-refractivity contribution in [1.29, 1.82) is 0 Å². The van der Waals surface area contributed by atoms with Gasteiger partial charge in [-0.15, -0.1) is 0 Å². The van der Waals surface area contributed by atoms with Crippen molar-refractivity contribution in [3.05, 3.63) is 96.1 Å². The van der Waals surface area contributed by atoms with E-state index in [0.717, 1.165) is 70.5 Å². The molecule has 75 heavy (non-hydrogen) atoms. The van der Waals surface area contributed by atoms with Gasteiger partial charge in [-0.2, -0.15) is 63.6 Å². The maximum Gasteiger partial charge on any atom is 0.323 e. The van der Waals surface area contributed by atoms with Crippen LogP contribution >= 0.6 is 0 Å². The average molecular weight is 1120 g/mol. The first-order valence-electron chi connectivity index (χ1n) is 20.3. The largest absolute Gasteiger partial charge is 0.480 e. The first-order chi connectivity index (χ1) is 35.0. The molecule has 6 rings (SSSR count). The van der Waals surface area contributed by atoms with Crippen LogP contribution in [0.15, 0.2) is 105 Å². The molecule has 0 aliphatic rings. The highest BCUT2D eigenvalue weighted by molar-refractivity contribution is 7.86. The molecule has 2 heterocycles. The van der Waals surface area contributed by atoms with E-state index < -0.39 is 134 Å². The number of carboxylic acid groups (broad SMARTS) is 3. The van der Waals surface area contributed by atoms with Gasteiger partial charge in [0.25, 0.3) is 40.5 Å². The van der Waals surface area contributed by atoms with E-state index in [-0.39, 0.29) is 39.8 Å². The summed E-state index contributed by atoms with van der Waals surface area (Å²) in [7, 11) is -19.4. The molecular formula is C40H36N12O19S4. The van der Waals surface area contributed by atoms with Crippen LogP contribution in [-0.2, 0) is 59.7 Å². The van der Waals surface area contributed by atoms with Crippen LogP contribution in [0.3, 0.4) is 0 Å². The van der Waals surface area contributed by atoms with Crippen molar-refractivity contribution in [2.45, 2.75) is 19.6 Å². The third-order valence-electron chi connectivity index (χ3n) is 9.44. The third-order valence-corrected chi connectivity index (χ3v) is 13.0. The number of anilines is 10. The lowest BCUT2D eigenvalue weighted by molar-refractivity contribution is -0.137. The highest BCUT2D eigenvalue weighted by Crippen LogP contribution is 2.30. The predicted octanol–water partition coefficient (Wildman–Crippen LogP) is 2.25. The SMILES string of the molecule is O=CCN(CC(=O)O)c1nc(Nc2ccc(S(=O)(=O)O)cc2)nc(Nc2ccc(/C=C/c3ccc(Nc4nc(Nc5ccc(S(=O)(=O)O)cc5)nc(N(CC(=O)O)CC(=O)O)n4)cc3S(=O)(=O)O)c(S(=O)(=O)O)c2)n1. The Bertz CT molecular complexity index is 3690. The van der Waals surface area contributed by atoms with E-state index in [2.05, 4.69) is 51.2 Å². The lowest BCUT2D eigenvalue weighted by atomic mass is 10.1. The number of aldehydes is 1. The van der Waals surface area contributed by atoms with Crippen molar-refractivity contribution in [2.24, 2.45) is 0 Å². The first kappa shape index (κ1) is 55.5. The van der Waals surface area contributed by atoms with Crippen LogP contribution in [0.1, 0.15) is 11.1 Å². The first-order valence-corrected chi connectivity index (χ1v) is 26.1. The molecule has 0 saturated heterocycles. The molecule has 0 unspecified atom stereocenters. The average Bonchev–Trinajstić information content (AvgIpc) is 3.29. The minimum absolute atomic E-state index is 0.103. The molecule has 394 valence electrons. The van der Waals surface area contributed by atoms with Gasteiger partial charge in [-0.25, -0.2) is 0 Å². The van der Waals surface area contributed by atoms with Gasteiger partial charge in [-0.1, -0.05) is 24.3 Å². The lowest BCUT2D eigenvalue weighted by Gasteiger charge is -2.20. The number of nitrogens with zero attached hydrogens (tertiary/aromatic N) is 8. The van der Waals surface area contributed by atoms with Crippen LogP contribution in [-0.4, -0.2) is 147 Å². The Morgan fingerprint density at radius 1 is 0.440 bits per heavy atom. The quantitative estimate of drug-likeness (QED) is 0.0235. The summed E-state index contributed by atoms with van der Waals surface area (Å²) >= 11 is 0. The van der Waals surface area contributed by atoms with Crippen molar-refractivity contribution in [3.63, 3.8) is 0 Å². The molecule has 0 amide bonds. The van der Waals surface area contributed by atoms with E-state index in [4.69, 9.17) is 0 Å². The maximum absolute atomic E-state index is 12.8. The number of aromatic nitrogens is 6. The van der Waals surface area contributed by atoms with Crippen LogP contribution in [0.5, 0.6) is 0 Å². The number of aliphatic carboxylic acids is 3. The zero-order valence-electron chi connectivity index (χ0n) is 37.4. The van der Waals surface area contributed by atoms with Crippen molar-refractivity contribution in [1.82, 2.24) is 29.9 Å². The van der Waals surface area contributed by atoms with Crippen molar-refractivity contribution in [3.8, 4) is 0 Å². The van der Waals surface area contributed by atoms with Crippen LogP contribution in [0.4, 0.5) is 58.4 Å². The van der Waals surface area contributed by atoms with Crippen LogP contribution in [0.25, 0.3) is 12.2 Å². The monoisotopic (exact) mass is 1120 g/mol. The Balaban J connectivity index is 1.33. The minimum Gasteiger partial charge on any atom is -0.480 e. The van der Waals surface area contributed by atoms with Gasteiger partial charge in [0, 0.05) is 22.7 Å². The Morgan fingerprint density at radius 3 is 1.05 bits per heavy atom. The summed E-state index contributed by atoms with van der Waals surface area (Å²) in [4.78, 5) is 70.2. The fourth-order valence-corrected chi connectivity index (χ4v) is 8.67. The summed E-state index contributed by atoms with van der Waals surface area (Å²) in [6.45, 7) is -3.20. The molecule has 35 heteroatoms. The number of hydrogen-bond donors (Lipinski definition) is 11. The summed E-state index contributed by atoms with van der Waals surface area (Å²) in [5, 5.41) is 39.1. The predicted molar refractivity (Wildman–Crippen MR) is 260 cm³/mol. The summed E-state index contributed by atoms with van der Waals surface area (Å²) in [5.41, 5.74) is -0.616. The standard InChI is InChI=1S/C40H36N12O19S4/c53-16-15-51(19-32(54)55)39-47-35(41-24-7-11-28(12-8-24)72(60,61)62)45-37(48-39)43-26-5-3-22(30(17-26)74(66,67)68)1-2-23-4-6-27(18-31(23)75(69,70)71)44-38-46-36(42-25-9-13-29(14-10-25)73(63,64)65)49-40(50-38)52(20-33(56)57)21-34(58)59/h1-14,16-18H,15,19-21H2,(H,54,55)(H,56,57)(H,58,59)(H,60,61,62)(H,63,64,65)(H,66,67,68)(H,69,70,71)(H2,41,43,45,47,48)(H2,42,44,46,49,50)/b2-1+.